The minimum atomic E-state index is -1.32. The van der Waals surface area contributed by atoms with Gasteiger partial charge in [0.1, 0.15) is 29.3 Å². The van der Waals surface area contributed by atoms with Gasteiger partial charge in [0.25, 0.3) is 5.88 Å². The molecule has 0 bridgehead atoms. The summed E-state index contributed by atoms with van der Waals surface area (Å²) in [5.41, 5.74) is 2.28. The predicted octanol–water partition coefficient (Wildman–Crippen LogP) is 7.41. The summed E-state index contributed by atoms with van der Waals surface area (Å²) < 4.78 is 32.2. The lowest BCUT2D eigenvalue weighted by molar-refractivity contribution is -0.121. The van der Waals surface area contributed by atoms with Crippen molar-refractivity contribution in [3.05, 3.63) is 163 Å². The number of anilines is 3. The molecule has 1 aliphatic rings. The molecular formula is C45H40N6O8. The monoisotopic (exact) mass is 792 g/mol. The van der Waals surface area contributed by atoms with E-state index in [1.807, 2.05) is 115 Å². The van der Waals surface area contributed by atoms with Crippen LogP contribution in [0.15, 0.2) is 146 Å². The number of rotatable bonds is 12. The van der Waals surface area contributed by atoms with Crippen LogP contribution in [0.5, 0.6) is 17.4 Å². The highest BCUT2D eigenvalue weighted by Crippen LogP contribution is 2.46. The molecule has 0 unspecified atom stereocenters. The van der Waals surface area contributed by atoms with E-state index < -0.39 is 36.0 Å². The smallest absolute Gasteiger partial charge is 0.425 e. The summed E-state index contributed by atoms with van der Waals surface area (Å²) in [6, 6.07) is 42.8. The number of nitrogens with zero attached hydrogens (tertiary/aromatic N) is 5. The third kappa shape index (κ3) is 7.67. The van der Waals surface area contributed by atoms with E-state index in [0.29, 0.717) is 22.9 Å². The Kier molecular flexibility index (Phi) is 11.0. The maximum absolute atomic E-state index is 14.1. The number of aromatic nitrogens is 4. The molecule has 8 rings (SSSR count). The summed E-state index contributed by atoms with van der Waals surface area (Å²) >= 11 is 0. The molecule has 7 aromatic rings. The van der Waals surface area contributed by atoms with Crippen LogP contribution in [0, 0.1) is 0 Å². The van der Waals surface area contributed by atoms with E-state index >= 15 is 0 Å². The van der Waals surface area contributed by atoms with E-state index in [0.717, 1.165) is 16.7 Å². The number of aliphatic hydroxyl groups is 1. The molecule has 0 radical (unpaired) electrons. The summed E-state index contributed by atoms with van der Waals surface area (Å²) in [6.07, 6.45) is -2.54. The van der Waals surface area contributed by atoms with Crippen LogP contribution < -0.4 is 24.4 Å². The van der Waals surface area contributed by atoms with Gasteiger partial charge < -0.3 is 28.8 Å². The summed E-state index contributed by atoms with van der Waals surface area (Å²) in [7, 11) is 3.20. The molecule has 2 amide bonds. The third-order valence-corrected chi connectivity index (χ3v) is 9.93. The Morgan fingerprint density at radius 2 is 1.29 bits per heavy atom. The van der Waals surface area contributed by atoms with Gasteiger partial charge in [-0.05, 0) is 65.2 Å². The Labute approximate surface area is 339 Å². The van der Waals surface area contributed by atoms with Gasteiger partial charge in [0.15, 0.2) is 17.4 Å². The van der Waals surface area contributed by atoms with Crippen molar-refractivity contribution in [2.24, 2.45) is 0 Å². The Hall–Kier alpha value is -7.13. The Bertz CT molecular complexity index is 2450. The minimum absolute atomic E-state index is 0.0943. The second-order valence-corrected chi connectivity index (χ2v) is 13.6. The Morgan fingerprint density at radius 3 is 1.81 bits per heavy atom. The third-order valence-electron chi connectivity index (χ3n) is 9.93. The second-order valence-electron chi connectivity index (χ2n) is 13.6. The number of benzene rings is 5. The van der Waals surface area contributed by atoms with Gasteiger partial charge in [0.2, 0.25) is 11.9 Å². The highest BCUT2D eigenvalue weighted by Gasteiger charge is 2.48. The number of nitrogens with one attached hydrogen (secondary N) is 1. The average molecular weight is 793 g/mol. The first kappa shape index (κ1) is 38.7. The molecule has 2 N–H and O–H groups in total. The van der Waals surface area contributed by atoms with Crippen LogP contribution in [0.1, 0.15) is 29.8 Å². The highest BCUT2D eigenvalue weighted by molar-refractivity contribution is 5.98. The summed E-state index contributed by atoms with van der Waals surface area (Å²) in [4.78, 5) is 41.5. The number of imidazole rings is 1. The van der Waals surface area contributed by atoms with Crippen LogP contribution >= 0.6 is 0 Å². The van der Waals surface area contributed by atoms with Crippen molar-refractivity contribution in [1.82, 2.24) is 19.5 Å². The van der Waals surface area contributed by atoms with Gasteiger partial charge in [0.05, 0.1) is 38.5 Å². The van der Waals surface area contributed by atoms with Crippen LogP contribution in [-0.2, 0) is 19.9 Å². The summed E-state index contributed by atoms with van der Waals surface area (Å²) in [5.74, 6) is 0.485. The molecule has 1 aliphatic heterocycles. The van der Waals surface area contributed by atoms with Crippen LogP contribution in [0.3, 0.4) is 0 Å². The molecule has 1 saturated heterocycles. The van der Waals surface area contributed by atoms with Crippen molar-refractivity contribution in [3.63, 3.8) is 0 Å². The predicted molar refractivity (Wildman–Crippen MR) is 219 cm³/mol. The SMILES string of the molecule is COc1ccc(C(O[C@H]2[C@H](n3cnc4c(OC(=O)N(c5ccccc5)c5ccccc5)nc(NC(C)=O)nc43)OC[C@@H]2O)(c2ccccc2)c2ccc(OC)cc2)cc1. The molecule has 2 aromatic heterocycles. The number of carbonyl (C=O) groups is 2. The van der Waals surface area contributed by atoms with Crippen molar-refractivity contribution in [3.8, 4) is 17.4 Å². The quantitative estimate of drug-likeness (QED) is 0.119. The molecule has 0 spiro atoms. The van der Waals surface area contributed by atoms with Crippen LogP contribution in [0.2, 0.25) is 0 Å². The molecule has 3 heterocycles. The lowest BCUT2D eigenvalue weighted by Gasteiger charge is -2.40. The number of aliphatic hydroxyl groups excluding tert-OH is 1. The first-order valence-corrected chi connectivity index (χ1v) is 18.8. The van der Waals surface area contributed by atoms with Crippen molar-refractivity contribution < 1.29 is 38.4 Å². The molecule has 298 valence electrons. The van der Waals surface area contributed by atoms with Crippen molar-refractivity contribution in [2.45, 2.75) is 31.0 Å². The summed E-state index contributed by atoms with van der Waals surface area (Å²) in [5, 5.41) is 14.3. The van der Waals surface area contributed by atoms with E-state index in [1.165, 1.54) is 18.2 Å². The fourth-order valence-electron chi connectivity index (χ4n) is 7.19. The average Bonchev–Trinajstić information content (AvgIpc) is 3.86. The second kappa shape index (κ2) is 16.8. The number of carbonyl (C=O) groups excluding carboxylic acids is 2. The molecule has 1 fully saturated rings. The topological polar surface area (TPSA) is 159 Å². The van der Waals surface area contributed by atoms with E-state index in [1.54, 1.807) is 43.1 Å². The maximum atomic E-state index is 14.1. The molecule has 14 heteroatoms. The van der Waals surface area contributed by atoms with E-state index in [4.69, 9.17) is 23.7 Å². The Morgan fingerprint density at radius 1 is 0.763 bits per heavy atom. The normalized spacial score (nSPS) is 16.4. The van der Waals surface area contributed by atoms with Gasteiger partial charge in [-0.3, -0.25) is 14.7 Å². The van der Waals surface area contributed by atoms with Gasteiger partial charge in [-0.25, -0.2) is 14.7 Å². The van der Waals surface area contributed by atoms with Gasteiger partial charge >= 0.3 is 6.09 Å². The number of hydrogen-bond donors (Lipinski definition) is 2. The van der Waals surface area contributed by atoms with Gasteiger partial charge in [0, 0.05) is 6.92 Å². The van der Waals surface area contributed by atoms with E-state index in [9.17, 15) is 14.7 Å². The van der Waals surface area contributed by atoms with Crippen LogP contribution in [0.25, 0.3) is 11.2 Å². The van der Waals surface area contributed by atoms with Crippen LogP contribution in [0.4, 0.5) is 22.1 Å². The minimum Gasteiger partial charge on any atom is -0.497 e. The number of methoxy groups -OCH3 is 2. The van der Waals surface area contributed by atoms with Crippen molar-refractivity contribution in [1.29, 1.82) is 0 Å². The zero-order valence-electron chi connectivity index (χ0n) is 32.3. The van der Waals surface area contributed by atoms with E-state index in [2.05, 4.69) is 20.3 Å². The summed E-state index contributed by atoms with van der Waals surface area (Å²) in [6.45, 7) is 1.21. The number of ether oxygens (including phenoxy) is 5. The Balaban J connectivity index is 1.24. The molecule has 0 saturated carbocycles. The lowest BCUT2D eigenvalue weighted by Crippen LogP contribution is -2.42. The number of fused-ring (bicyclic) bond motifs is 1. The molecule has 3 atom stereocenters. The van der Waals surface area contributed by atoms with Crippen molar-refractivity contribution >= 4 is 40.5 Å². The zero-order chi connectivity index (χ0) is 40.9. The molecule has 14 nitrogen and oxygen atoms in total. The molecule has 0 aliphatic carbocycles. The number of amides is 2. The molecule has 59 heavy (non-hydrogen) atoms. The van der Waals surface area contributed by atoms with E-state index in [-0.39, 0.29) is 29.6 Å². The van der Waals surface area contributed by atoms with Crippen LogP contribution in [-0.4, -0.2) is 69.7 Å². The van der Waals surface area contributed by atoms with Gasteiger partial charge in [-0.1, -0.05) is 91.0 Å². The number of hydrogen-bond acceptors (Lipinski definition) is 11. The van der Waals surface area contributed by atoms with Crippen molar-refractivity contribution in [2.75, 3.05) is 31.0 Å². The lowest BCUT2D eigenvalue weighted by atomic mass is 9.79. The number of para-hydroxylation sites is 2. The molecular weight excluding hydrogens is 753 g/mol. The highest BCUT2D eigenvalue weighted by atomic mass is 16.6. The fourth-order valence-corrected chi connectivity index (χ4v) is 7.19. The van der Waals surface area contributed by atoms with Gasteiger partial charge in [-0.2, -0.15) is 9.97 Å². The first-order valence-electron chi connectivity index (χ1n) is 18.8. The fraction of sp³-hybridized carbons (Fsp3) is 0.178. The largest absolute Gasteiger partial charge is 0.497 e. The zero-order valence-corrected chi connectivity index (χ0v) is 32.3. The van der Waals surface area contributed by atoms with Gasteiger partial charge in [-0.15, -0.1) is 0 Å². The molecule has 5 aromatic carbocycles. The first-order chi connectivity index (χ1) is 28.8. The maximum Gasteiger partial charge on any atom is 0.425 e. The standard InChI is InChI=1S/C45H40N6O8/c1-29(52)47-43-48-40-38(41(49-43)58-44(54)51(33-15-9-5-10-16-33)34-17-11-6-12-18-34)46-28-50(40)42-39(37(53)27-57-42)59-45(30-13-7-4-8-14-30,31-19-23-35(55-2)24-20-31)32-21-25-36(56-3)26-22-32/h4-26,28,37,39,42,53H,27H2,1-3H3,(H,47,48,49,52)/t37-,39+,42+/m0/s1.